The Labute approximate surface area is 109 Å². The van der Waals surface area contributed by atoms with Crippen molar-refractivity contribution >= 4 is 11.6 Å². The molecule has 1 aromatic heterocycles. The highest BCUT2D eigenvalue weighted by Crippen LogP contribution is 2.24. The van der Waals surface area contributed by atoms with E-state index in [0.29, 0.717) is 29.6 Å². The topological polar surface area (TPSA) is 48.2 Å². The van der Waals surface area contributed by atoms with Crippen LogP contribution in [0.3, 0.4) is 0 Å². The van der Waals surface area contributed by atoms with Crippen LogP contribution in [0.2, 0.25) is 0 Å². The predicted octanol–water partition coefficient (Wildman–Crippen LogP) is 3.06. The quantitative estimate of drug-likeness (QED) is 0.784. The summed E-state index contributed by atoms with van der Waals surface area (Å²) in [5.41, 5.74) is 0.526. The van der Waals surface area contributed by atoms with Crippen molar-refractivity contribution in [3.8, 4) is 17.2 Å². The number of methoxy groups -OCH3 is 1. The van der Waals surface area contributed by atoms with Gasteiger partial charge in [-0.15, -0.1) is 21.8 Å². The molecular formula is C12H12ClFN2O2. The highest BCUT2D eigenvalue weighted by atomic mass is 35.5. The van der Waals surface area contributed by atoms with Crippen molar-refractivity contribution in [3.05, 3.63) is 29.9 Å². The summed E-state index contributed by atoms with van der Waals surface area (Å²) in [7, 11) is 1.41. The van der Waals surface area contributed by atoms with E-state index in [1.54, 1.807) is 6.07 Å². The van der Waals surface area contributed by atoms with Gasteiger partial charge < -0.3 is 9.15 Å². The van der Waals surface area contributed by atoms with Crippen LogP contribution in [-0.4, -0.2) is 23.2 Å². The lowest BCUT2D eigenvalue weighted by Gasteiger charge is -2.01. The molecule has 0 atom stereocenters. The molecule has 6 heteroatoms. The summed E-state index contributed by atoms with van der Waals surface area (Å²) in [5, 5.41) is 7.74. The second kappa shape index (κ2) is 5.82. The lowest BCUT2D eigenvalue weighted by molar-refractivity contribution is 0.386. The van der Waals surface area contributed by atoms with Gasteiger partial charge in [0.05, 0.1) is 7.11 Å². The van der Waals surface area contributed by atoms with Crippen molar-refractivity contribution in [3.63, 3.8) is 0 Å². The molecule has 0 aliphatic rings. The number of benzene rings is 1. The Morgan fingerprint density at radius 3 is 2.89 bits per heavy atom. The van der Waals surface area contributed by atoms with E-state index < -0.39 is 5.82 Å². The highest BCUT2D eigenvalue weighted by Gasteiger charge is 2.11. The highest BCUT2D eigenvalue weighted by molar-refractivity contribution is 6.17. The van der Waals surface area contributed by atoms with Gasteiger partial charge in [0, 0.05) is 17.9 Å². The van der Waals surface area contributed by atoms with Gasteiger partial charge in [-0.05, 0) is 24.6 Å². The Balaban J connectivity index is 2.20. The minimum Gasteiger partial charge on any atom is -0.494 e. The maximum Gasteiger partial charge on any atom is 0.247 e. The molecule has 18 heavy (non-hydrogen) atoms. The zero-order valence-electron chi connectivity index (χ0n) is 9.82. The van der Waals surface area contributed by atoms with E-state index in [-0.39, 0.29) is 5.75 Å². The lowest BCUT2D eigenvalue weighted by atomic mass is 10.2. The number of ether oxygens (including phenoxy) is 1. The van der Waals surface area contributed by atoms with E-state index in [2.05, 4.69) is 10.2 Å². The number of hydrogen-bond acceptors (Lipinski definition) is 4. The molecule has 0 aliphatic carbocycles. The number of alkyl halides is 1. The Morgan fingerprint density at radius 1 is 1.39 bits per heavy atom. The van der Waals surface area contributed by atoms with E-state index >= 15 is 0 Å². The minimum absolute atomic E-state index is 0.181. The zero-order chi connectivity index (χ0) is 13.0. The average Bonchev–Trinajstić information content (AvgIpc) is 2.85. The second-order valence-corrected chi connectivity index (χ2v) is 4.02. The number of halogens is 2. The summed E-state index contributed by atoms with van der Waals surface area (Å²) in [6, 6.07) is 4.49. The molecule has 1 aromatic carbocycles. The third-order valence-corrected chi connectivity index (χ3v) is 2.66. The summed E-state index contributed by atoms with van der Waals surface area (Å²) in [6.07, 6.45) is 1.38. The summed E-state index contributed by atoms with van der Waals surface area (Å²) in [6.45, 7) is 0. The van der Waals surface area contributed by atoms with E-state index in [0.717, 1.165) is 6.42 Å². The molecule has 2 aromatic rings. The molecule has 1 heterocycles. The minimum atomic E-state index is -0.462. The number of hydrogen-bond donors (Lipinski definition) is 0. The van der Waals surface area contributed by atoms with Gasteiger partial charge >= 0.3 is 0 Å². The van der Waals surface area contributed by atoms with Crippen LogP contribution in [0.5, 0.6) is 5.75 Å². The number of aromatic nitrogens is 2. The van der Waals surface area contributed by atoms with Crippen LogP contribution < -0.4 is 4.74 Å². The van der Waals surface area contributed by atoms with Crippen molar-refractivity contribution in [2.45, 2.75) is 12.8 Å². The molecule has 0 unspecified atom stereocenters. The van der Waals surface area contributed by atoms with Crippen LogP contribution in [0.25, 0.3) is 11.5 Å². The smallest absolute Gasteiger partial charge is 0.247 e. The molecule has 0 saturated carbocycles. The van der Waals surface area contributed by atoms with Gasteiger partial charge in [0.2, 0.25) is 11.8 Å². The summed E-state index contributed by atoms with van der Waals surface area (Å²) in [5.74, 6) is 1.05. The molecular weight excluding hydrogens is 259 g/mol. The van der Waals surface area contributed by atoms with Crippen LogP contribution in [0, 0.1) is 5.82 Å². The Kier molecular flexibility index (Phi) is 4.15. The molecule has 0 spiro atoms. The number of rotatable bonds is 5. The fourth-order valence-corrected chi connectivity index (χ4v) is 1.62. The zero-order valence-corrected chi connectivity index (χ0v) is 10.6. The second-order valence-electron chi connectivity index (χ2n) is 3.64. The SMILES string of the molecule is COc1ccc(-c2nnc(CCCCl)o2)cc1F. The maximum atomic E-state index is 13.5. The first-order valence-electron chi connectivity index (χ1n) is 5.47. The van der Waals surface area contributed by atoms with Crippen molar-refractivity contribution in [1.29, 1.82) is 0 Å². The average molecular weight is 271 g/mol. The van der Waals surface area contributed by atoms with E-state index in [9.17, 15) is 4.39 Å². The molecule has 0 fully saturated rings. The summed E-state index contributed by atoms with van der Waals surface area (Å²) < 4.78 is 23.8. The monoisotopic (exact) mass is 270 g/mol. The molecule has 96 valence electrons. The molecule has 0 N–H and O–H groups in total. The third-order valence-electron chi connectivity index (χ3n) is 2.39. The van der Waals surface area contributed by atoms with Crippen molar-refractivity contribution in [2.75, 3.05) is 13.0 Å². The first kappa shape index (κ1) is 12.8. The molecule has 0 aliphatic heterocycles. The van der Waals surface area contributed by atoms with E-state index in [1.807, 2.05) is 0 Å². The molecule has 0 amide bonds. The van der Waals surface area contributed by atoms with Gasteiger partial charge in [-0.25, -0.2) is 4.39 Å². The van der Waals surface area contributed by atoms with Gasteiger partial charge in [-0.2, -0.15) is 0 Å². The van der Waals surface area contributed by atoms with Gasteiger partial charge in [-0.3, -0.25) is 0 Å². The summed E-state index contributed by atoms with van der Waals surface area (Å²) in [4.78, 5) is 0. The van der Waals surface area contributed by atoms with Gasteiger partial charge in [0.15, 0.2) is 11.6 Å². The summed E-state index contributed by atoms with van der Waals surface area (Å²) >= 11 is 5.58. The third kappa shape index (κ3) is 2.79. The Bertz CT molecular complexity index is 531. The molecule has 0 bridgehead atoms. The Morgan fingerprint density at radius 2 is 2.22 bits per heavy atom. The molecule has 0 saturated heterocycles. The van der Waals surface area contributed by atoms with Crippen molar-refractivity contribution in [2.24, 2.45) is 0 Å². The first-order chi connectivity index (χ1) is 8.74. The first-order valence-corrected chi connectivity index (χ1v) is 6.00. The van der Waals surface area contributed by atoms with Crippen molar-refractivity contribution < 1.29 is 13.5 Å². The largest absolute Gasteiger partial charge is 0.494 e. The van der Waals surface area contributed by atoms with Crippen LogP contribution in [0.4, 0.5) is 4.39 Å². The van der Waals surface area contributed by atoms with E-state index in [4.69, 9.17) is 20.8 Å². The van der Waals surface area contributed by atoms with Crippen LogP contribution >= 0.6 is 11.6 Å². The fraction of sp³-hybridized carbons (Fsp3) is 0.333. The van der Waals surface area contributed by atoms with E-state index in [1.165, 1.54) is 19.2 Å². The van der Waals surface area contributed by atoms with Crippen LogP contribution in [0.1, 0.15) is 12.3 Å². The van der Waals surface area contributed by atoms with Crippen molar-refractivity contribution in [1.82, 2.24) is 10.2 Å². The maximum absolute atomic E-state index is 13.5. The standard InChI is InChI=1S/C12H12ClFN2O2/c1-17-10-5-4-8(7-9(10)14)12-16-15-11(18-12)3-2-6-13/h4-5,7H,2-3,6H2,1H3. The number of nitrogens with zero attached hydrogens (tertiary/aromatic N) is 2. The van der Waals surface area contributed by atoms with Gasteiger partial charge in [-0.1, -0.05) is 0 Å². The molecule has 4 nitrogen and oxygen atoms in total. The Hall–Kier alpha value is -1.62. The van der Waals surface area contributed by atoms with Gasteiger partial charge in [0.1, 0.15) is 0 Å². The number of aryl methyl sites for hydroxylation is 1. The van der Waals surface area contributed by atoms with Gasteiger partial charge in [0.25, 0.3) is 0 Å². The lowest BCUT2D eigenvalue weighted by Crippen LogP contribution is -1.88. The molecule has 2 rings (SSSR count). The normalized spacial score (nSPS) is 10.6. The van der Waals surface area contributed by atoms with Crippen LogP contribution in [0.15, 0.2) is 22.6 Å². The molecule has 0 radical (unpaired) electrons. The van der Waals surface area contributed by atoms with Crippen LogP contribution in [-0.2, 0) is 6.42 Å². The fourth-order valence-electron chi connectivity index (χ4n) is 1.49. The predicted molar refractivity (Wildman–Crippen MR) is 65.3 cm³/mol.